The van der Waals surface area contributed by atoms with Gasteiger partial charge in [-0.05, 0) is 42.5 Å². The number of pyridine rings is 1. The number of aromatic amines is 1. The second kappa shape index (κ2) is 9.67. The molecule has 40 heavy (non-hydrogen) atoms. The minimum Gasteiger partial charge on any atom is -0.334 e. The van der Waals surface area contributed by atoms with Gasteiger partial charge in [0.2, 0.25) is 0 Å². The second-order valence-electron chi connectivity index (χ2n) is 9.24. The van der Waals surface area contributed by atoms with E-state index in [9.17, 15) is 27.2 Å². The maximum Gasteiger partial charge on any atom is 0.419 e. The van der Waals surface area contributed by atoms with Crippen molar-refractivity contribution in [1.29, 1.82) is 0 Å². The van der Waals surface area contributed by atoms with E-state index in [0.717, 1.165) is 17.6 Å². The fourth-order valence-corrected chi connectivity index (χ4v) is 4.85. The summed E-state index contributed by atoms with van der Waals surface area (Å²) in [7, 11) is 0. The van der Waals surface area contributed by atoms with E-state index in [-0.39, 0.29) is 17.1 Å². The molecular weight excluding hydrogens is 530 g/mol. The van der Waals surface area contributed by atoms with E-state index in [2.05, 4.69) is 15.1 Å². The number of hydrogen-bond acceptors (Lipinski definition) is 5. The number of nitrogens with zero attached hydrogens (tertiary/aromatic N) is 6. The fraction of sp³-hybridized carbons (Fsp3) is 0.185. The number of H-pyrrole nitrogens is 1. The minimum absolute atomic E-state index is 0.0203. The predicted molar refractivity (Wildman–Crippen MR) is 138 cm³/mol. The number of imidazole rings is 1. The molecule has 1 N–H and O–H groups in total. The third-order valence-corrected chi connectivity index (χ3v) is 6.78. The zero-order valence-electron chi connectivity index (χ0n) is 20.8. The number of alkyl halides is 3. The normalized spacial score (nSPS) is 14.2. The van der Waals surface area contributed by atoms with Crippen LogP contribution in [0.25, 0.3) is 28.0 Å². The molecule has 6 rings (SSSR count). The SMILES string of the molecule is O=C(c1cc(-c2cccnc2)n(-c2ccc(C(F)(F)F)c(F)c2)n1)N1CCN(n2c(=O)[nH]c3ccccc32)CC1. The first-order chi connectivity index (χ1) is 19.2. The largest absolute Gasteiger partial charge is 0.419 e. The predicted octanol–water partition coefficient (Wildman–Crippen LogP) is 3.83. The number of fused-ring (bicyclic) bond motifs is 1. The molecule has 1 aliphatic heterocycles. The van der Waals surface area contributed by atoms with Crippen molar-refractivity contribution in [2.24, 2.45) is 0 Å². The Morgan fingerprint density at radius 3 is 2.42 bits per heavy atom. The van der Waals surface area contributed by atoms with Crippen LogP contribution in [0.3, 0.4) is 0 Å². The average Bonchev–Trinajstić information content (AvgIpc) is 3.54. The van der Waals surface area contributed by atoms with Gasteiger partial charge in [0.05, 0.1) is 41.1 Å². The van der Waals surface area contributed by atoms with Crippen LogP contribution in [0.15, 0.2) is 77.9 Å². The summed E-state index contributed by atoms with van der Waals surface area (Å²) >= 11 is 0. The van der Waals surface area contributed by atoms with Crippen LogP contribution >= 0.6 is 0 Å². The second-order valence-corrected chi connectivity index (χ2v) is 9.24. The van der Waals surface area contributed by atoms with E-state index >= 15 is 0 Å². The standard InChI is InChI=1S/C27H21F4N7O2/c28-20-14-18(7-8-19(20)27(29,30)31)37-24(17-4-3-9-32-16-17)15-22(34-37)25(39)35-10-12-36(13-11-35)38-23-6-2-1-5-21(23)33-26(38)40/h1-9,14-16H,10-13H2,(H,33,40). The van der Waals surface area contributed by atoms with Gasteiger partial charge >= 0.3 is 11.9 Å². The summed E-state index contributed by atoms with van der Waals surface area (Å²) in [5, 5.41) is 6.22. The first-order valence-electron chi connectivity index (χ1n) is 12.3. The number of hydrogen-bond donors (Lipinski definition) is 1. The van der Waals surface area contributed by atoms with Gasteiger partial charge in [0, 0.05) is 37.1 Å². The van der Waals surface area contributed by atoms with E-state index in [1.165, 1.54) is 16.9 Å². The molecule has 4 heterocycles. The lowest BCUT2D eigenvalue weighted by molar-refractivity contribution is -0.140. The van der Waals surface area contributed by atoms with Crippen molar-refractivity contribution in [1.82, 2.24) is 29.3 Å². The van der Waals surface area contributed by atoms with Crippen molar-refractivity contribution in [3.8, 4) is 16.9 Å². The Kier molecular flexibility index (Phi) is 6.12. The highest BCUT2D eigenvalue weighted by atomic mass is 19.4. The van der Waals surface area contributed by atoms with Crippen LogP contribution in [0.4, 0.5) is 17.6 Å². The van der Waals surface area contributed by atoms with Crippen molar-refractivity contribution >= 4 is 16.9 Å². The molecule has 1 amide bonds. The molecule has 0 spiro atoms. The number of benzene rings is 2. The third kappa shape index (κ3) is 4.48. The van der Waals surface area contributed by atoms with Crippen molar-refractivity contribution in [3.63, 3.8) is 0 Å². The van der Waals surface area contributed by atoms with E-state index in [1.807, 2.05) is 29.3 Å². The molecule has 1 saturated heterocycles. The molecule has 0 aliphatic carbocycles. The molecule has 0 bridgehead atoms. The number of carbonyl (C=O) groups is 1. The Balaban J connectivity index is 1.29. The molecule has 5 aromatic rings. The molecule has 204 valence electrons. The molecule has 13 heteroatoms. The Labute approximate surface area is 223 Å². The van der Waals surface area contributed by atoms with E-state index in [0.29, 0.717) is 49.0 Å². The van der Waals surface area contributed by atoms with Crippen LogP contribution in [-0.4, -0.2) is 61.4 Å². The number of carbonyl (C=O) groups excluding carboxylic acids is 1. The minimum atomic E-state index is -4.85. The maximum absolute atomic E-state index is 14.4. The van der Waals surface area contributed by atoms with E-state index < -0.39 is 23.5 Å². The number of halogens is 4. The summed E-state index contributed by atoms with van der Waals surface area (Å²) < 4.78 is 56.6. The highest BCUT2D eigenvalue weighted by Crippen LogP contribution is 2.33. The van der Waals surface area contributed by atoms with Crippen LogP contribution in [0.5, 0.6) is 0 Å². The van der Waals surface area contributed by atoms with Gasteiger partial charge in [-0.25, -0.2) is 18.5 Å². The van der Waals surface area contributed by atoms with Gasteiger partial charge in [0.1, 0.15) is 5.82 Å². The van der Waals surface area contributed by atoms with Crippen LogP contribution in [0.2, 0.25) is 0 Å². The molecule has 0 atom stereocenters. The summed E-state index contributed by atoms with van der Waals surface area (Å²) in [6.07, 6.45) is -1.79. The first kappa shape index (κ1) is 25.3. The quantitative estimate of drug-likeness (QED) is 0.343. The molecule has 1 aliphatic rings. The summed E-state index contributed by atoms with van der Waals surface area (Å²) in [6, 6.07) is 14.7. The molecule has 0 saturated carbocycles. The van der Waals surface area contributed by atoms with Gasteiger partial charge in [0.15, 0.2) is 5.69 Å². The third-order valence-electron chi connectivity index (χ3n) is 6.78. The van der Waals surface area contributed by atoms with Gasteiger partial charge in [-0.2, -0.15) is 18.3 Å². The Hall–Kier alpha value is -4.94. The number of piperazine rings is 1. The van der Waals surface area contributed by atoms with E-state index in [1.54, 1.807) is 27.9 Å². The zero-order chi connectivity index (χ0) is 28.0. The Bertz CT molecular complexity index is 1770. The zero-order valence-corrected chi connectivity index (χ0v) is 20.8. The summed E-state index contributed by atoms with van der Waals surface area (Å²) in [4.78, 5) is 34.5. The fourth-order valence-electron chi connectivity index (χ4n) is 4.85. The molecule has 2 aromatic carbocycles. The number of para-hydroxylation sites is 2. The van der Waals surface area contributed by atoms with Crippen molar-refractivity contribution in [3.05, 3.63) is 101 Å². The maximum atomic E-state index is 14.4. The lowest BCUT2D eigenvalue weighted by atomic mass is 10.1. The van der Waals surface area contributed by atoms with E-state index in [4.69, 9.17) is 0 Å². The molecular formula is C27H21F4N7O2. The van der Waals surface area contributed by atoms with Crippen LogP contribution in [-0.2, 0) is 6.18 Å². The topological polar surface area (TPSA) is 92.1 Å². The highest BCUT2D eigenvalue weighted by Gasteiger charge is 2.34. The van der Waals surface area contributed by atoms with Gasteiger partial charge in [-0.1, -0.05) is 12.1 Å². The van der Waals surface area contributed by atoms with Crippen LogP contribution in [0, 0.1) is 5.82 Å². The summed E-state index contributed by atoms with van der Waals surface area (Å²) in [5.74, 6) is -1.85. The number of nitrogens with one attached hydrogen (secondary N) is 1. The van der Waals surface area contributed by atoms with Crippen molar-refractivity contribution < 1.29 is 22.4 Å². The molecule has 0 unspecified atom stereocenters. The number of aromatic nitrogens is 5. The highest BCUT2D eigenvalue weighted by molar-refractivity contribution is 5.94. The average molecular weight is 552 g/mol. The summed E-state index contributed by atoms with van der Waals surface area (Å²) in [5.41, 5.74) is 0.732. The Morgan fingerprint density at radius 1 is 0.950 bits per heavy atom. The van der Waals surface area contributed by atoms with Gasteiger partial charge in [-0.3, -0.25) is 9.78 Å². The molecule has 0 radical (unpaired) electrons. The van der Waals surface area contributed by atoms with Crippen LogP contribution in [0.1, 0.15) is 16.1 Å². The smallest absolute Gasteiger partial charge is 0.334 e. The van der Waals surface area contributed by atoms with Crippen molar-refractivity contribution in [2.75, 3.05) is 31.2 Å². The van der Waals surface area contributed by atoms with Gasteiger partial charge in [-0.15, -0.1) is 0 Å². The van der Waals surface area contributed by atoms with Gasteiger partial charge < -0.3 is 14.9 Å². The lowest BCUT2D eigenvalue weighted by Gasteiger charge is -2.35. The van der Waals surface area contributed by atoms with Crippen LogP contribution < -0.4 is 10.7 Å². The number of rotatable bonds is 4. The van der Waals surface area contributed by atoms with Crippen molar-refractivity contribution in [2.45, 2.75) is 6.18 Å². The molecule has 1 fully saturated rings. The van der Waals surface area contributed by atoms with Gasteiger partial charge in [0.25, 0.3) is 5.91 Å². The monoisotopic (exact) mass is 551 g/mol. The summed E-state index contributed by atoms with van der Waals surface area (Å²) in [6.45, 7) is 1.37. The molecule has 3 aromatic heterocycles. The Morgan fingerprint density at radius 2 is 1.73 bits per heavy atom. The number of amides is 1. The lowest BCUT2D eigenvalue weighted by Crippen LogP contribution is -2.55. The molecule has 9 nitrogen and oxygen atoms in total. The first-order valence-corrected chi connectivity index (χ1v) is 12.3.